The minimum Gasteiger partial charge on any atom is -0.497 e. The molecule has 3 rings (SSSR count). The van der Waals surface area contributed by atoms with Gasteiger partial charge in [-0.15, -0.1) is 0 Å². The molecule has 0 spiro atoms. The van der Waals surface area contributed by atoms with Crippen molar-refractivity contribution in [2.45, 2.75) is 33.2 Å². The highest BCUT2D eigenvalue weighted by atomic mass is 16.5. The molecule has 0 unspecified atom stereocenters. The van der Waals surface area contributed by atoms with Crippen LogP contribution >= 0.6 is 0 Å². The average molecular weight is 357 g/mol. The van der Waals surface area contributed by atoms with E-state index in [-0.39, 0.29) is 5.91 Å². The number of piperidine rings is 1. The fraction of sp³-hybridized carbons (Fsp3) is 0.500. The van der Waals surface area contributed by atoms with Gasteiger partial charge in [-0.2, -0.15) is 5.10 Å². The zero-order chi connectivity index (χ0) is 18.7. The Morgan fingerprint density at radius 2 is 1.69 bits per heavy atom. The molecular weight excluding hydrogens is 330 g/mol. The van der Waals surface area contributed by atoms with Crippen molar-refractivity contribution < 1.29 is 14.3 Å². The molecule has 0 radical (unpaired) electrons. The maximum absolute atomic E-state index is 12.9. The summed E-state index contributed by atoms with van der Waals surface area (Å²) < 4.78 is 12.6. The molecule has 2 heterocycles. The van der Waals surface area contributed by atoms with E-state index in [9.17, 15) is 4.79 Å². The SMILES string of the molecule is COc1cc(OC)cc(C(=O)N2CCC(Cn3nc(C)cc3C)CC2)c1. The number of carbonyl (C=O) groups excluding carboxylic acids is 1. The maximum Gasteiger partial charge on any atom is 0.254 e. The van der Waals surface area contributed by atoms with Crippen LogP contribution in [0.1, 0.15) is 34.6 Å². The molecule has 1 aromatic heterocycles. The highest BCUT2D eigenvalue weighted by molar-refractivity contribution is 5.95. The number of methoxy groups -OCH3 is 2. The van der Waals surface area contributed by atoms with Gasteiger partial charge in [-0.3, -0.25) is 9.48 Å². The molecule has 6 heteroatoms. The number of hydrogen-bond acceptors (Lipinski definition) is 4. The molecule has 0 saturated carbocycles. The first-order valence-corrected chi connectivity index (χ1v) is 9.03. The molecule has 1 aliphatic heterocycles. The number of rotatable bonds is 5. The zero-order valence-electron chi connectivity index (χ0n) is 16.0. The van der Waals surface area contributed by atoms with E-state index >= 15 is 0 Å². The number of likely N-dealkylation sites (tertiary alicyclic amines) is 1. The van der Waals surface area contributed by atoms with Crippen molar-refractivity contribution in [3.05, 3.63) is 41.2 Å². The molecule has 0 bridgehead atoms. The molecule has 0 N–H and O–H groups in total. The van der Waals surface area contributed by atoms with E-state index in [1.54, 1.807) is 32.4 Å². The monoisotopic (exact) mass is 357 g/mol. The lowest BCUT2D eigenvalue weighted by atomic mass is 9.96. The van der Waals surface area contributed by atoms with Crippen LogP contribution in [0.5, 0.6) is 11.5 Å². The van der Waals surface area contributed by atoms with Crippen LogP contribution < -0.4 is 9.47 Å². The molecular formula is C20H27N3O3. The van der Waals surface area contributed by atoms with Gasteiger partial charge >= 0.3 is 0 Å². The van der Waals surface area contributed by atoms with E-state index in [1.165, 1.54) is 5.69 Å². The number of carbonyl (C=O) groups is 1. The molecule has 1 aromatic carbocycles. The number of nitrogens with zero attached hydrogens (tertiary/aromatic N) is 3. The minimum atomic E-state index is 0.0340. The minimum absolute atomic E-state index is 0.0340. The first kappa shape index (κ1) is 18.3. The van der Waals surface area contributed by atoms with Crippen molar-refractivity contribution >= 4 is 5.91 Å². The third kappa shape index (κ3) is 4.00. The largest absolute Gasteiger partial charge is 0.497 e. The predicted molar refractivity (Wildman–Crippen MR) is 99.9 cm³/mol. The van der Waals surface area contributed by atoms with Gasteiger partial charge in [0.2, 0.25) is 0 Å². The Bertz CT molecular complexity index is 754. The fourth-order valence-electron chi connectivity index (χ4n) is 3.54. The summed E-state index contributed by atoms with van der Waals surface area (Å²) >= 11 is 0. The first-order valence-electron chi connectivity index (χ1n) is 9.03. The summed E-state index contributed by atoms with van der Waals surface area (Å²) in [5.41, 5.74) is 2.87. The van der Waals surface area contributed by atoms with Crippen LogP contribution in [0.15, 0.2) is 24.3 Å². The molecule has 6 nitrogen and oxygen atoms in total. The Labute approximate surface area is 154 Å². The van der Waals surface area contributed by atoms with Crippen molar-refractivity contribution in [1.82, 2.24) is 14.7 Å². The van der Waals surface area contributed by atoms with E-state index in [1.807, 2.05) is 11.8 Å². The van der Waals surface area contributed by atoms with E-state index in [2.05, 4.69) is 22.8 Å². The lowest BCUT2D eigenvalue weighted by Crippen LogP contribution is -2.39. The van der Waals surface area contributed by atoms with E-state index in [4.69, 9.17) is 9.47 Å². The van der Waals surface area contributed by atoms with Crippen LogP contribution in [-0.2, 0) is 6.54 Å². The van der Waals surface area contributed by atoms with E-state index in [0.717, 1.165) is 38.2 Å². The van der Waals surface area contributed by atoms with Gasteiger partial charge in [-0.1, -0.05) is 0 Å². The van der Waals surface area contributed by atoms with Crippen molar-refractivity contribution in [3.63, 3.8) is 0 Å². The number of benzene rings is 1. The normalized spacial score (nSPS) is 15.2. The smallest absolute Gasteiger partial charge is 0.254 e. The van der Waals surface area contributed by atoms with Gasteiger partial charge in [0.1, 0.15) is 11.5 Å². The van der Waals surface area contributed by atoms with Gasteiger partial charge in [0.25, 0.3) is 5.91 Å². The Kier molecular flexibility index (Phi) is 5.49. The summed E-state index contributed by atoms with van der Waals surface area (Å²) in [5.74, 6) is 1.85. The summed E-state index contributed by atoms with van der Waals surface area (Å²) in [6.45, 7) is 6.57. The van der Waals surface area contributed by atoms with Crippen molar-refractivity contribution in [2.75, 3.05) is 27.3 Å². The molecule has 0 atom stereocenters. The van der Waals surface area contributed by atoms with Gasteiger partial charge < -0.3 is 14.4 Å². The second kappa shape index (κ2) is 7.81. The Hall–Kier alpha value is -2.50. The second-order valence-corrected chi connectivity index (χ2v) is 6.95. The number of aryl methyl sites for hydroxylation is 2. The van der Waals surface area contributed by atoms with Crippen LogP contribution in [0.3, 0.4) is 0 Å². The predicted octanol–water partition coefficient (Wildman–Crippen LogP) is 3.07. The first-order chi connectivity index (χ1) is 12.5. The van der Waals surface area contributed by atoms with Crippen LogP contribution in [0.25, 0.3) is 0 Å². The van der Waals surface area contributed by atoms with Gasteiger partial charge in [-0.05, 0) is 50.8 Å². The van der Waals surface area contributed by atoms with E-state index in [0.29, 0.717) is 23.0 Å². The number of hydrogen-bond donors (Lipinski definition) is 0. The molecule has 1 aliphatic rings. The molecule has 1 saturated heterocycles. The lowest BCUT2D eigenvalue weighted by Gasteiger charge is -2.32. The average Bonchev–Trinajstić information content (AvgIpc) is 2.98. The summed E-state index contributed by atoms with van der Waals surface area (Å²) in [7, 11) is 3.18. The molecule has 2 aromatic rings. The van der Waals surface area contributed by atoms with Crippen molar-refractivity contribution in [2.24, 2.45) is 5.92 Å². The van der Waals surface area contributed by atoms with E-state index < -0.39 is 0 Å². The lowest BCUT2D eigenvalue weighted by molar-refractivity contribution is 0.0680. The fourth-order valence-corrected chi connectivity index (χ4v) is 3.54. The molecule has 1 amide bonds. The van der Waals surface area contributed by atoms with Gasteiger partial charge in [0.15, 0.2) is 0 Å². The Balaban J connectivity index is 1.62. The Morgan fingerprint density at radius 1 is 1.08 bits per heavy atom. The zero-order valence-corrected chi connectivity index (χ0v) is 16.0. The van der Waals surface area contributed by atoms with Crippen LogP contribution in [0.2, 0.25) is 0 Å². The molecule has 140 valence electrons. The summed E-state index contributed by atoms with van der Waals surface area (Å²) in [4.78, 5) is 14.8. The quantitative estimate of drug-likeness (QED) is 0.825. The van der Waals surface area contributed by atoms with Gasteiger partial charge in [-0.25, -0.2) is 0 Å². The standard InChI is InChI=1S/C20H27N3O3/c1-14-9-15(2)23(21-14)13-16-5-7-22(8-6-16)20(24)17-10-18(25-3)12-19(11-17)26-4/h9-12,16H,5-8,13H2,1-4H3. The third-order valence-corrected chi connectivity index (χ3v) is 5.03. The topological polar surface area (TPSA) is 56.6 Å². The van der Waals surface area contributed by atoms with Crippen molar-refractivity contribution in [1.29, 1.82) is 0 Å². The molecule has 1 fully saturated rings. The third-order valence-electron chi connectivity index (χ3n) is 5.03. The molecule has 26 heavy (non-hydrogen) atoms. The van der Waals surface area contributed by atoms with Gasteiger partial charge in [0, 0.05) is 37.0 Å². The maximum atomic E-state index is 12.9. The summed E-state index contributed by atoms with van der Waals surface area (Å²) in [6, 6.07) is 7.42. The summed E-state index contributed by atoms with van der Waals surface area (Å²) in [6.07, 6.45) is 1.98. The number of aromatic nitrogens is 2. The van der Waals surface area contributed by atoms with Crippen LogP contribution in [0, 0.1) is 19.8 Å². The highest BCUT2D eigenvalue weighted by Gasteiger charge is 2.25. The van der Waals surface area contributed by atoms with Crippen LogP contribution in [-0.4, -0.2) is 47.9 Å². The number of amides is 1. The molecule has 0 aliphatic carbocycles. The van der Waals surface area contributed by atoms with Crippen LogP contribution in [0.4, 0.5) is 0 Å². The Morgan fingerprint density at radius 3 is 2.19 bits per heavy atom. The highest BCUT2D eigenvalue weighted by Crippen LogP contribution is 2.26. The second-order valence-electron chi connectivity index (χ2n) is 6.95. The van der Waals surface area contributed by atoms with Gasteiger partial charge in [0.05, 0.1) is 19.9 Å². The summed E-state index contributed by atoms with van der Waals surface area (Å²) in [5, 5.41) is 4.55. The number of ether oxygens (including phenoxy) is 2. The van der Waals surface area contributed by atoms with Crippen molar-refractivity contribution in [3.8, 4) is 11.5 Å².